The van der Waals surface area contributed by atoms with Gasteiger partial charge in [0, 0.05) is 0 Å². The number of allylic oxidation sites excluding steroid dienone is 1. The van der Waals surface area contributed by atoms with E-state index in [-0.39, 0.29) is 0 Å². The van der Waals surface area contributed by atoms with Crippen molar-refractivity contribution in [1.29, 1.82) is 0 Å². The Labute approximate surface area is 198 Å². The Balaban J connectivity index is 1.25. The molecule has 3 saturated carbocycles. The summed E-state index contributed by atoms with van der Waals surface area (Å²) in [5.41, 5.74) is 2.80. The molecule has 5 aliphatic rings. The van der Waals surface area contributed by atoms with Crippen molar-refractivity contribution in [3.8, 4) is 0 Å². The van der Waals surface area contributed by atoms with Gasteiger partial charge in [0.25, 0.3) is 0 Å². The molecule has 1 saturated heterocycles. The Bertz CT molecular complexity index is 693. The molecule has 2 nitrogen and oxygen atoms in total. The molecule has 0 spiro atoms. The molecule has 4 fully saturated rings. The monoisotopic (exact) mass is 442 g/mol. The molecule has 0 aromatic rings. The van der Waals surface area contributed by atoms with E-state index in [9.17, 15) is 0 Å². The number of epoxide rings is 1. The van der Waals surface area contributed by atoms with E-state index < -0.39 is 0 Å². The van der Waals surface area contributed by atoms with Crippen LogP contribution in [-0.2, 0) is 9.47 Å². The van der Waals surface area contributed by atoms with Crippen LogP contribution in [0.25, 0.3) is 0 Å². The smallest absolute Gasteiger partial charge is 0.104 e. The van der Waals surface area contributed by atoms with Crippen LogP contribution in [0.3, 0.4) is 0 Å². The predicted octanol–water partition coefficient (Wildman–Crippen LogP) is 7.81. The molecule has 2 heteroatoms. The summed E-state index contributed by atoms with van der Waals surface area (Å²) >= 11 is 0. The lowest BCUT2D eigenvalue weighted by molar-refractivity contribution is -0.0647. The summed E-state index contributed by atoms with van der Waals surface area (Å²) in [6, 6.07) is 0. The molecular formula is C30H50O2. The van der Waals surface area contributed by atoms with Crippen molar-refractivity contribution in [2.24, 2.45) is 46.3 Å². The highest BCUT2D eigenvalue weighted by Gasteiger charge is 2.59. The summed E-state index contributed by atoms with van der Waals surface area (Å²) in [6.07, 6.45) is 18.9. The first-order valence-electron chi connectivity index (χ1n) is 14.2. The second-order valence-electron chi connectivity index (χ2n) is 13.4. The van der Waals surface area contributed by atoms with E-state index in [4.69, 9.17) is 9.47 Å². The molecular weight excluding hydrogens is 392 g/mol. The zero-order valence-corrected chi connectivity index (χ0v) is 21.7. The van der Waals surface area contributed by atoms with Gasteiger partial charge in [-0.25, -0.2) is 0 Å². The lowest BCUT2D eigenvalue weighted by Gasteiger charge is -2.58. The topological polar surface area (TPSA) is 21.8 Å². The molecule has 5 rings (SSSR count). The van der Waals surface area contributed by atoms with Gasteiger partial charge in [-0.1, -0.05) is 65.5 Å². The quantitative estimate of drug-likeness (QED) is 0.282. The Morgan fingerprint density at radius 2 is 1.84 bits per heavy atom. The third-order valence-electron chi connectivity index (χ3n) is 11.2. The van der Waals surface area contributed by atoms with Gasteiger partial charge < -0.3 is 9.47 Å². The Morgan fingerprint density at radius 1 is 1.03 bits per heavy atom. The lowest BCUT2D eigenvalue weighted by atomic mass is 9.47. The standard InChI is InChI=1S/C30H50O2/c1-20(2)7-6-8-21(3)26-11-12-27-25-10-9-22-17-23(31-18-24-19-32-24)13-15-29(22,4)28(25)14-16-30(26,27)5/h9,20-21,23-28H,6-8,10-19H2,1-5H3/t21?,23-,24+,25?,26+,27?,28?,29-,30+/m0/s1. The van der Waals surface area contributed by atoms with Crippen molar-refractivity contribution in [1.82, 2.24) is 0 Å². The SMILES string of the molecule is CC(C)CCCC(C)[C@H]1CCC2C3CC=C4C[C@@H](OC[C@@H]5CO5)CC[C@]4(C)C3CC[C@@]21C. The van der Waals surface area contributed by atoms with Crippen LogP contribution in [-0.4, -0.2) is 25.4 Å². The predicted molar refractivity (Wildman–Crippen MR) is 133 cm³/mol. The Kier molecular flexibility index (Phi) is 6.60. The van der Waals surface area contributed by atoms with Gasteiger partial charge in [-0.15, -0.1) is 0 Å². The first-order valence-corrected chi connectivity index (χ1v) is 14.2. The van der Waals surface area contributed by atoms with Crippen LogP contribution in [0.15, 0.2) is 11.6 Å². The van der Waals surface area contributed by atoms with Gasteiger partial charge in [-0.2, -0.15) is 0 Å². The van der Waals surface area contributed by atoms with Crippen molar-refractivity contribution < 1.29 is 9.47 Å². The number of rotatable bonds is 8. The highest BCUT2D eigenvalue weighted by molar-refractivity contribution is 5.25. The van der Waals surface area contributed by atoms with E-state index in [1.54, 1.807) is 5.57 Å². The molecule has 4 unspecified atom stereocenters. The van der Waals surface area contributed by atoms with E-state index in [0.717, 1.165) is 48.7 Å². The van der Waals surface area contributed by atoms with Crippen molar-refractivity contribution in [3.05, 3.63) is 11.6 Å². The summed E-state index contributed by atoms with van der Waals surface area (Å²) in [4.78, 5) is 0. The van der Waals surface area contributed by atoms with Gasteiger partial charge in [-0.05, 0) is 97.7 Å². The maximum absolute atomic E-state index is 6.24. The van der Waals surface area contributed by atoms with E-state index in [2.05, 4.69) is 40.7 Å². The fourth-order valence-electron chi connectivity index (χ4n) is 9.20. The van der Waals surface area contributed by atoms with E-state index in [1.807, 2.05) is 0 Å². The molecule has 1 aliphatic heterocycles. The summed E-state index contributed by atoms with van der Waals surface area (Å²) < 4.78 is 11.6. The molecule has 0 N–H and O–H groups in total. The third kappa shape index (κ3) is 4.26. The van der Waals surface area contributed by atoms with Crippen LogP contribution in [0.2, 0.25) is 0 Å². The van der Waals surface area contributed by atoms with Crippen LogP contribution in [0.1, 0.15) is 105 Å². The molecule has 4 aliphatic carbocycles. The summed E-state index contributed by atoms with van der Waals surface area (Å²) in [6.45, 7) is 14.4. The van der Waals surface area contributed by atoms with Crippen molar-refractivity contribution >= 4 is 0 Å². The fraction of sp³-hybridized carbons (Fsp3) is 0.933. The van der Waals surface area contributed by atoms with Gasteiger partial charge in [-0.3, -0.25) is 0 Å². The van der Waals surface area contributed by atoms with Crippen LogP contribution in [0.4, 0.5) is 0 Å². The summed E-state index contributed by atoms with van der Waals surface area (Å²) in [5.74, 6) is 5.56. The van der Waals surface area contributed by atoms with Gasteiger partial charge in [0.2, 0.25) is 0 Å². The number of fused-ring (bicyclic) bond motifs is 5. The zero-order valence-electron chi connectivity index (χ0n) is 21.7. The summed E-state index contributed by atoms with van der Waals surface area (Å²) in [5, 5.41) is 0. The minimum Gasteiger partial charge on any atom is -0.375 e. The fourth-order valence-corrected chi connectivity index (χ4v) is 9.20. The Morgan fingerprint density at radius 3 is 2.59 bits per heavy atom. The van der Waals surface area contributed by atoms with Gasteiger partial charge >= 0.3 is 0 Å². The van der Waals surface area contributed by atoms with Crippen molar-refractivity contribution in [2.75, 3.05) is 13.2 Å². The number of ether oxygens (including phenoxy) is 2. The van der Waals surface area contributed by atoms with Crippen LogP contribution >= 0.6 is 0 Å². The molecule has 0 aromatic carbocycles. The first-order chi connectivity index (χ1) is 15.3. The maximum Gasteiger partial charge on any atom is 0.104 e. The molecule has 0 radical (unpaired) electrons. The van der Waals surface area contributed by atoms with E-state index in [1.165, 1.54) is 70.6 Å². The van der Waals surface area contributed by atoms with Crippen LogP contribution < -0.4 is 0 Å². The minimum atomic E-state index is 0.395. The average molecular weight is 443 g/mol. The van der Waals surface area contributed by atoms with Crippen LogP contribution in [0, 0.1) is 46.3 Å². The molecule has 0 amide bonds. The lowest BCUT2D eigenvalue weighted by Crippen LogP contribution is -2.51. The maximum atomic E-state index is 6.24. The normalized spacial score (nSPS) is 46.2. The molecule has 9 atom stereocenters. The molecule has 0 aromatic heterocycles. The van der Waals surface area contributed by atoms with Crippen molar-refractivity contribution in [2.45, 2.75) is 117 Å². The average Bonchev–Trinajstić information content (AvgIpc) is 3.51. The summed E-state index contributed by atoms with van der Waals surface area (Å²) in [7, 11) is 0. The third-order valence-corrected chi connectivity index (χ3v) is 11.2. The van der Waals surface area contributed by atoms with Crippen LogP contribution in [0.5, 0.6) is 0 Å². The Hall–Kier alpha value is -0.340. The van der Waals surface area contributed by atoms with Gasteiger partial charge in [0.05, 0.1) is 19.3 Å². The van der Waals surface area contributed by atoms with E-state index in [0.29, 0.717) is 23.0 Å². The highest BCUT2D eigenvalue weighted by Crippen LogP contribution is 2.67. The second-order valence-corrected chi connectivity index (χ2v) is 13.4. The first kappa shape index (κ1) is 23.4. The molecule has 1 heterocycles. The number of hydrogen-bond donors (Lipinski definition) is 0. The second kappa shape index (κ2) is 9.03. The minimum absolute atomic E-state index is 0.395. The van der Waals surface area contributed by atoms with Crippen molar-refractivity contribution in [3.63, 3.8) is 0 Å². The van der Waals surface area contributed by atoms with Gasteiger partial charge in [0.15, 0.2) is 0 Å². The largest absolute Gasteiger partial charge is 0.375 e. The van der Waals surface area contributed by atoms with Gasteiger partial charge in [0.1, 0.15) is 6.10 Å². The highest BCUT2D eigenvalue weighted by atomic mass is 16.6. The number of hydrogen-bond acceptors (Lipinski definition) is 2. The molecule has 32 heavy (non-hydrogen) atoms. The zero-order chi connectivity index (χ0) is 22.5. The van der Waals surface area contributed by atoms with E-state index >= 15 is 0 Å². The molecule has 0 bridgehead atoms. The molecule has 182 valence electrons.